The number of pyridine rings is 1. The van der Waals surface area contributed by atoms with E-state index in [4.69, 9.17) is 4.74 Å². The molecule has 0 N–H and O–H groups in total. The first-order valence-electron chi connectivity index (χ1n) is 6.12. The molecule has 2 rings (SSSR count). The average Bonchev–Trinajstić information content (AvgIpc) is 2.40. The number of rotatable bonds is 3. The highest BCUT2D eigenvalue weighted by Gasteiger charge is 2.20. The van der Waals surface area contributed by atoms with Gasteiger partial charge in [0.05, 0.1) is 0 Å². The maximum Gasteiger partial charge on any atom is 0.228 e. The molecule has 1 aliphatic heterocycles. The van der Waals surface area contributed by atoms with Crippen LogP contribution in [0, 0.1) is 5.92 Å². The summed E-state index contributed by atoms with van der Waals surface area (Å²) in [5.41, 5.74) is 0. The largest absolute Gasteiger partial charge is 0.381 e. The molecule has 1 aromatic heterocycles. The Balaban J connectivity index is 1.93. The minimum atomic E-state index is 0.122. The smallest absolute Gasteiger partial charge is 0.228 e. The molecule has 0 unspecified atom stereocenters. The molecule has 5 heteroatoms. The van der Waals surface area contributed by atoms with Crippen molar-refractivity contribution in [3.63, 3.8) is 0 Å². The van der Waals surface area contributed by atoms with Crippen molar-refractivity contribution >= 4 is 27.7 Å². The van der Waals surface area contributed by atoms with Crippen molar-refractivity contribution in [1.82, 2.24) is 4.98 Å². The molecule has 2 heterocycles. The minimum Gasteiger partial charge on any atom is -0.381 e. The van der Waals surface area contributed by atoms with E-state index in [0.29, 0.717) is 18.2 Å². The zero-order valence-corrected chi connectivity index (χ0v) is 12.0. The van der Waals surface area contributed by atoms with E-state index in [1.807, 2.05) is 12.1 Å². The zero-order valence-electron chi connectivity index (χ0n) is 10.4. The van der Waals surface area contributed by atoms with Gasteiger partial charge in [0.2, 0.25) is 5.91 Å². The number of anilines is 1. The summed E-state index contributed by atoms with van der Waals surface area (Å²) in [6.45, 7) is 1.55. The van der Waals surface area contributed by atoms with Crippen LogP contribution in [0.15, 0.2) is 22.8 Å². The molecule has 18 heavy (non-hydrogen) atoms. The molecular weight excluding hydrogens is 296 g/mol. The van der Waals surface area contributed by atoms with Gasteiger partial charge in [-0.05, 0) is 46.8 Å². The fraction of sp³-hybridized carbons (Fsp3) is 0.538. The quantitative estimate of drug-likeness (QED) is 0.861. The Hall–Kier alpha value is -0.940. The average molecular weight is 313 g/mol. The van der Waals surface area contributed by atoms with Crippen molar-refractivity contribution in [3.05, 3.63) is 22.8 Å². The summed E-state index contributed by atoms with van der Waals surface area (Å²) in [4.78, 5) is 18.0. The van der Waals surface area contributed by atoms with E-state index in [-0.39, 0.29) is 5.91 Å². The van der Waals surface area contributed by atoms with Gasteiger partial charge in [0.25, 0.3) is 0 Å². The standard InChI is InChI=1S/C13H17BrN2O2/c1-16(12-3-2-11(14)9-15-12)13(17)8-10-4-6-18-7-5-10/h2-3,9-10H,4-8H2,1H3. The molecule has 1 fully saturated rings. The second kappa shape index (κ2) is 6.29. The molecule has 98 valence electrons. The molecule has 0 radical (unpaired) electrons. The van der Waals surface area contributed by atoms with E-state index in [0.717, 1.165) is 30.5 Å². The van der Waals surface area contributed by atoms with Gasteiger partial charge in [0, 0.05) is 37.4 Å². The van der Waals surface area contributed by atoms with Gasteiger partial charge in [0.1, 0.15) is 5.82 Å². The van der Waals surface area contributed by atoms with E-state index in [1.54, 1.807) is 18.1 Å². The normalized spacial score (nSPS) is 16.6. The summed E-state index contributed by atoms with van der Waals surface area (Å²) in [7, 11) is 1.78. The van der Waals surface area contributed by atoms with Crippen molar-refractivity contribution in [2.75, 3.05) is 25.2 Å². The third kappa shape index (κ3) is 3.53. The van der Waals surface area contributed by atoms with Gasteiger partial charge in [-0.1, -0.05) is 0 Å². The number of aromatic nitrogens is 1. The molecule has 0 spiro atoms. The van der Waals surface area contributed by atoms with E-state index in [2.05, 4.69) is 20.9 Å². The highest BCUT2D eigenvalue weighted by molar-refractivity contribution is 9.10. The SMILES string of the molecule is CN(C(=O)CC1CCOCC1)c1ccc(Br)cn1. The van der Waals surface area contributed by atoms with Crippen molar-refractivity contribution in [2.45, 2.75) is 19.3 Å². The van der Waals surface area contributed by atoms with Gasteiger partial charge in [-0.2, -0.15) is 0 Å². The predicted octanol–water partition coefficient (Wildman–Crippen LogP) is 2.62. The molecule has 0 saturated carbocycles. The Bertz CT molecular complexity index is 402. The Morgan fingerprint density at radius 1 is 1.50 bits per heavy atom. The van der Waals surface area contributed by atoms with E-state index in [9.17, 15) is 4.79 Å². The summed E-state index contributed by atoms with van der Waals surface area (Å²) in [6.07, 6.45) is 4.24. The van der Waals surface area contributed by atoms with Crippen LogP contribution in [0.5, 0.6) is 0 Å². The lowest BCUT2D eigenvalue weighted by Gasteiger charge is -2.24. The predicted molar refractivity (Wildman–Crippen MR) is 73.5 cm³/mol. The zero-order chi connectivity index (χ0) is 13.0. The Morgan fingerprint density at radius 3 is 2.83 bits per heavy atom. The number of carbonyl (C=O) groups is 1. The monoisotopic (exact) mass is 312 g/mol. The first kappa shape index (κ1) is 13.5. The van der Waals surface area contributed by atoms with Gasteiger partial charge in [-0.3, -0.25) is 9.69 Å². The van der Waals surface area contributed by atoms with Gasteiger partial charge in [0.15, 0.2) is 0 Å². The van der Waals surface area contributed by atoms with Crippen molar-refractivity contribution < 1.29 is 9.53 Å². The fourth-order valence-corrected chi connectivity index (χ4v) is 2.26. The van der Waals surface area contributed by atoms with Crippen molar-refractivity contribution in [2.24, 2.45) is 5.92 Å². The van der Waals surface area contributed by atoms with Crippen LogP contribution in [0.1, 0.15) is 19.3 Å². The number of amides is 1. The molecule has 0 aliphatic carbocycles. The number of halogens is 1. The van der Waals surface area contributed by atoms with Gasteiger partial charge in [-0.25, -0.2) is 4.98 Å². The Kier molecular flexibility index (Phi) is 4.72. The van der Waals surface area contributed by atoms with Gasteiger partial charge >= 0.3 is 0 Å². The van der Waals surface area contributed by atoms with E-state index in [1.165, 1.54) is 0 Å². The first-order chi connectivity index (χ1) is 8.66. The van der Waals surface area contributed by atoms with E-state index < -0.39 is 0 Å². The number of hydrogen-bond donors (Lipinski definition) is 0. The molecule has 1 aromatic rings. The third-order valence-electron chi connectivity index (χ3n) is 3.23. The molecule has 4 nitrogen and oxygen atoms in total. The van der Waals surface area contributed by atoms with Crippen LogP contribution in [0.25, 0.3) is 0 Å². The van der Waals surface area contributed by atoms with Crippen LogP contribution >= 0.6 is 15.9 Å². The maximum absolute atomic E-state index is 12.1. The van der Waals surface area contributed by atoms with Crippen LogP contribution in [-0.2, 0) is 9.53 Å². The topological polar surface area (TPSA) is 42.4 Å². The second-order valence-corrected chi connectivity index (χ2v) is 5.46. The molecule has 0 atom stereocenters. The van der Waals surface area contributed by atoms with Crippen LogP contribution in [0.2, 0.25) is 0 Å². The molecule has 1 saturated heterocycles. The molecule has 1 amide bonds. The lowest BCUT2D eigenvalue weighted by atomic mass is 9.96. The molecule has 1 aliphatic rings. The lowest BCUT2D eigenvalue weighted by molar-refractivity contribution is -0.119. The molecular formula is C13H17BrN2O2. The van der Waals surface area contributed by atoms with Crippen molar-refractivity contribution in [1.29, 1.82) is 0 Å². The van der Waals surface area contributed by atoms with Crippen LogP contribution in [-0.4, -0.2) is 31.2 Å². The van der Waals surface area contributed by atoms with Gasteiger partial charge < -0.3 is 4.74 Å². The first-order valence-corrected chi connectivity index (χ1v) is 6.92. The Morgan fingerprint density at radius 2 is 2.22 bits per heavy atom. The summed E-state index contributed by atoms with van der Waals surface area (Å²) >= 11 is 3.33. The number of ether oxygens (including phenoxy) is 1. The lowest BCUT2D eigenvalue weighted by Crippen LogP contribution is -2.30. The Labute approximate surface area is 115 Å². The number of hydrogen-bond acceptors (Lipinski definition) is 3. The van der Waals surface area contributed by atoms with E-state index >= 15 is 0 Å². The second-order valence-electron chi connectivity index (χ2n) is 4.55. The van der Waals surface area contributed by atoms with Crippen molar-refractivity contribution in [3.8, 4) is 0 Å². The molecule has 0 aromatic carbocycles. The van der Waals surface area contributed by atoms with Gasteiger partial charge in [-0.15, -0.1) is 0 Å². The number of carbonyl (C=O) groups excluding carboxylic acids is 1. The summed E-state index contributed by atoms with van der Waals surface area (Å²) in [5.74, 6) is 1.26. The summed E-state index contributed by atoms with van der Waals surface area (Å²) in [5, 5.41) is 0. The maximum atomic E-state index is 12.1. The minimum absolute atomic E-state index is 0.122. The number of nitrogens with zero attached hydrogens (tertiary/aromatic N) is 2. The summed E-state index contributed by atoms with van der Waals surface area (Å²) in [6, 6.07) is 3.73. The van der Waals surface area contributed by atoms with Crippen LogP contribution < -0.4 is 4.90 Å². The third-order valence-corrected chi connectivity index (χ3v) is 3.70. The molecule has 0 bridgehead atoms. The summed E-state index contributed by atoms with van der Waals surface area (Å²) < 4.78 is 6.21. The van der Waals surface area contributed by atoms with Crippen LogP contribution in [0.4, 0.5) is 5.82 Å². The van der Waals surface area contributed by atoms with Crippen LogP contribution in [0.3, 0.4) is 0 Å². The highest BCUT2D eigenvalue weighted by atomic mass is 79.9. The highest BCUT2D eigenvalue weighted by Crippen LogP contribution is 2.21. The fourth-order valence-electron chi connectivity index (χ4n) is 2.03.